The third-order valence-electron chi connectivity index (χ3n) is 8.42. The first kappa shape index (κ1) is 30.9. The molecule has 1 N–H and O–H groups in total. The summed E-state index contributed by atoms with van der Waals surface area (Å²) in [6.07, 6.45) is 2.11. The van der Waals surface area contributed by atoms with Gasteiger partial charge in [-0.2, -0.15) is 0 Å². The number of carbonyl (C=O) groups excluding carboxylic acids is 2. The van der Waals surface area contributed by atoms with Crippen molar-refractivity contribution in [3.05, 3.63) is 70.8 Å². The molecule has 41 heavy (non-hydrogen) atoms. The highest BCUT2D eigenvalue weighted by atomic mass is 16.5. The van der Waals surface area contributed by atoms with Crippen LogP contribution in [0.3, 0.4) is 0 Å². The van der Waals surface area contributed by atoms with Gasteiger partial charge in [0.1, 0.15) is 5.84 Å². The molecule has 222 valence electrons. The van der Waals surface area contributed by atoms with Crippen molar-refractivity contribution < 1.29 is 14.3 Å². The number of benzene rings is 2. The zero-order valence-electron chi connectivity index (χ0n) is 25.6. The smallest absolute Gasteiger partial charge is 0.320 e. The van der Waals surface area contributed by atoms with Gasteiger partial charge in [0.05, 0.1) is 19.7 Å². The first-order valence-electron chi connectivity index (χ1n) is 15.2. The van der Waals surface area contributed by atoms with Crippen LogP contribution in [0.5, 0.6) is 0 Å². The van der Waals surface area contributed by atoms with Gasteiger partial charge in [-0.1, -0.05) is 70.5 Å². The summed E-state index contributed by atoms with van der Waals surface area (Å²) >= 11 is 0. The Hall–Kier alpha value is -3.03. The number of carbonyl (C=O) groups is 2. The van der Waals surface area contributed by atoms with E-state index in [9.17, 15) is 9.59 Å². The van der Waals surface area contributed by atoms with Crippen LogP contribution in [-0.2, 0) is 21.5 Å². The van der Waals surface area contributed by atoms with Gasteiger partial charge < -0.3 is 9.64 Å². The molecule has 4 rings (SSSR count). The number of hydrogen-bond acceptors (Lipinski definition) is 6. The van der Waals surface area contributed by atoms with Gasteiger partial charge in [-0.25, -0.2) is 0 Å². The quantitative estimate of drug-likeness (QED) is 0.295. The molecule has 2 heterocycles. The molecular weight excluding hydrogens is 512 g/mol. The van der Waals surface area contributed by atoms with Crippen LogP contribution in [0.2, 0.25) is 0 Å². The molecule has 0 bridgehead atoms. The summed E-state index contributed by atoms with van der Waals surface area (Å²) in [6, 6.07) is 16.7. The molecule has 2 aliphatic rings. The molecule has 0 amide bonds. The fourth-order valence-corrected chi connectivity index (χ4v) is 6.17. The molecule has 0 spiro atoms. The van der Waals surface area contributed by atoms with E-state index < -0.39 is 0 Å². The number of ether oxygens (including phenoxy) is 1. The van der Waals surface area contributed by atoms with Gasteiger partial charge in [-0.15, -0.1) is 0 Å². The van der Waals surface area contributed by atoms with Crippen molar-refractivity contribution in [3.8, 4) is 0 Å². The minimum absolute atomic E-state index is 0.0444. The van der Waals surface area contributed by atoms with Gasteiger partial charge >= 0.3 is 5.97 Å². The van der Waals surface area contributed by atoms with Crippen LogP contribution in [-0.4, -0.2) is 84.7 Å². The standard InChI is InChI=1S/C34H48N4O3/c1-6-11-27-22-38(33(35)32(27)26-12-9-8-10-13-26)23-30(39)28-18-25(19-29(20-28)34(3,4)5)21-36-14-16-37(17-15-36)24-31(40)41-7-2/h8-10,12-13,18-20,27,32,35H,6-7,11,14-17,21-24H2,1-5H3/t27-,32+/m0/s1. The predicted molar refractivity (Wildman–Crippen MR) is 165 cm³/mol. The summed E-state index contributed by atoms with van der Waals surface area (Å²) in [7, 11) is 0. The van der Waals surface area contributed by atoms with Gasteiger partial charge in [-0.3, -0.25) is 24.8 Å². The summed E-state index contributed by atoms with van der Waals surface area (Å²) < 4.78 is 5.11. The molecule has 7 nitrogen and oxygen atoms in total. The molecule has 2 aromatic carbocycles. The van der Waals surface area contributed by atoms with E-state index in [1.807, 2.05) is 30.0 Å². The Balaban J connectivity index is 1.46. The number of rotatable bonds is 11. The molecule has 7 heteroatoms. The number of piperazine rings is 1. The van der Waals surface area contributed by atoms with Gasteiger partial charge in [0.15, 0.2) is 5.78 Å². The van der Waals surface area contributed by atoms with Crippen molar-refractivity contribution in [1.29, 1.82) is 5.41 Å². The van der Waals surface area contributed by atoms with E-state index >= 15 is 0 Å². The fourth-order valence-electron chi connectivity index (χ4n) is 6.17. The van der Waals surface area contributed by atoms with Crippen LogP contribution < -0.4 is 0 Å². The van der Waals surface area contributed by atoms with Gasteiger partial charge in [0, 0.05) is 50.7 Å². The largest absolute Gasteiger partial charge is 0.465 e. The Kier molecular flexibility index (Phi) is 10.4. The van der Waals surface area contributed by atoms with Crippen LogP contribution >= 0.6 is 0 Å². The van der Waals surface area contributed by atoms with E-state index in [2.05, 4.69) is 67.8 Å². The van der Waals surface area contributed by atoms with Crippen LogP contribution in [0.25, 0.3) is 0 Å². The van der Waals surface area contributed by atoms with Crippen LogP contribution in [0.4, 0.5) is 0 Å². The average Bonchev–Trinajstić information content (AvgIpc) is 3.24. The van der Waals surface area contributed by atoms with E-state index in [0.717, 1.165) is 68.8 Å². The second kappa shape index (κ2) is 13.8. The molecule has 2 aromatic rings. The number of nitrogens with one attached hydrogen (secondary N) is 1. The molecule has 0 unspecified atom stereocenters. The topological polar surface area (TPSA) is 76.9 Å². The maximum absolute atomic E-state index is 13.8. The zero-order chi connectivity index (χ0) is 29.6. The summed E-state index contributed by atoms with van der Waals surface area (Å²) in [5.74, 6) is 0.870. The summed E-state index contributed by atoms with van der Waals surface area (Å²) in [6.45, 7) is 16.5. The minimum atomic E-state index is -0.163. The monoisotopic (exact) mass is 560 g/mol. The van der Waals surface area contributed by atoms with Crippen molar-refractivity contribution >= 4 is 17.6 Å². The van der Waals surface area contributed by atoms with E-state index in [1.165, 1.54) is 5.56 Å². The SMILES string of the molecule is CCC[C@H]1CN(CC(=O)c2cc(CN3CCN(CC(=O)OCC)CC3)cc(C(C)(C)C)c2)C(=N)[C@@H]1c1ccccc1. The first-order chi connectivity index (χ1) is 19.6. The van der Waals surface area contributed by atoms with E-state index in [4.69, 9.17) is 10.1 Å². The number of esters is 1. The maximum atomic E-state index is 13.8. The van der Waals surface area contributed by atoms with Crippen molar-refractivity contribution in [2.75, 3.05) is 52.4 Å². The molecule has 2 atom stereocenters. The van der Waals surface area contributed by atoms with Crippen LogP contribution in [0.1, 0.15) is 80.4 Å². The average molecular weight is 561 g/mol. The van der Waals surface area contributed by atoms with Crippen LogP contribution in [0.15, 0.2) is 48.5 Å². The molecule has 0 saturated carbocycles. The third-order valence-corrected chi connectivity index (χ3v) is 8.42. The van der Waals surface area contributed by atoms with Gasteiger partial charge in [0.25, 0.3) is 0 Å². The Morgan fingerprint density at radius 3 is 2.27 bits per heavy atom. The lowest BCUT2D eigenvalue weighted by atomic mass is 9.84. The lowest BCUT2D eigenvalue weighted by molar-refractivity contribution is -0.144. The predicted octanol–water partition coefficient (Wildman–Crippen LogP) is 5.34. The Labute approximate surface area is 246 Å². The highest BCUT2D eigenvalue weighted by Crippen LogP contribution is 2.37. The van der Waals surface area contributed by atoms with E-state index in [0.29, 0.717) is 24.9 Å². The number of nitrogens with zero attached hydrogens (tertiary/aromatic N) is 3. The normalized spacial score (nSPS) is 20.4. The summed E-state index contributed by atoms with van der Waals surface area (Å²) in [5.41, 5.74) is 4.11. The fraction of sp³-hybridized carbons (Fsp3) is 0.559. The molecule has 2 fully saturated rings. The van der Waals surface area contributed by atoms with Crippen molar-refractivity contribution in [2.24, 2.45) is 5.92 Å². The second-order valence-corrected chi connectivity index (χ2v) is 12.7. The maximum Gasteiger partial charge on any atom is 0.320 e. The molecule has 0 radical (unpaired) electrons. The lowest BCUT2D eigenvalue weighted by Crippen LogP contribution is -2.47. The van der Waals surface area contributed by atoms with Crippen molar-refractivity contribution in [3.63, 3.8) is 0 Å². The Morgan fingerprint density at radius 2 is 1.63 bits per heavy atom. The molecule has 0 aliphatic carbocycles. The number of likely N-dealkylation sites (tertiary alicyclic amines) is 1. The van der Waals surface area contributed by atoms with Crippen molar-refractivity contribution in [1.82, 2.24) is 14.7 Å². The van der Waals surface area contributed by atoms with Crippen LogP contribution in [0, 0.1) is 11.3 Å². The highest BCUT2D eigenvalue weighted by molar-refractivity contribution is 6.01. The van der Waals surface area contributed by atoms with Gasteiger partial charge in [0.2, 0.25) is 0 Å². The summed E-state index contributed by atoms with van der Waals surface area (Å²) in [4.78, 5) is 32.2. The molecule has 2 aliphatic heterocycles. The van der Waals surface area contributed by atoms with Crippen molar-refractivity contribution in [2.45, 2.75) is 65.3 Å². The van der Waals surface area contributed by atoms with E-state index in [-0.39, 0.29) is 29.6 Å². The Bertz CT molecular complexity index is 1200. The molecule has 2 saturated heterocycles. The third kappa shape index (κ3) is 8.04. The molecule has 0 aromatic heterocycles. The minimum Gasteiger partial charge on any atom is -0.465 e. The van der Waals surface area contributed by atoms with Gasteiger partial charge in [-0.05, 0) is 53.5 Å². The lowest BCUT2D eigenvalue weighted by Gasteiger charge is -2.34. The Morgan fingerprint density at radius 1 is 0.951 bits per heavy atom. The van der Waals surface area contributed by atoms with E-state index in [1.54, 1.807) is 0 Å². The molecular formula is C34H48N4O3. The first-order valence-corrected chi connectivity index (χ1v) is 15.2. The zero-order valence-corrected chi connectivity index (χ0v) is 25.6. The number of hydrogen-bond donors (Lipinski definition) is 1. The number of ketones is 1. The summed E-state index contributed by atoms with van der Waals surface area (Å²) in [5, 5.41) is 9.04. The number of Topliss-reactive ketones (excluding diaryl/α,β-unsaturated/α-hetero) is 1. The number of amidine groups is 1. The second-order valence-electron chi connectivity index (χ2n) is 12.7. The highest BCUT2D eigenvalue weighted by Gasteiger charge is 2.38.